The van der Waals surface area contributed by atoms with Gasteiger partial charge >= 0.3 is 0 Å². The van der Waals surface area contributed by atoms with Crippen molar-refractivity contribution in [3.8, 4) is 0 Å². The lowest BCUT2D eigenvalue weighted by Crippen LogP contribution is -2.46. The highest BCUT2D eigenvalue weighted by molar-refractivity contribution is 5.79. The molecule has 6 rings (SSSR count). The molecule has 0 aromatic rings. The standard InChI is InChI=1S/C11H20O.2C10H20O.C9H16O.C9H18O.5CH4/c1-9(2)10-3-5-11(6-4-10)7-8-12-11;2*1-8(2)9-5-4-6-10(3,11)7-9;1-7(2)8-3-5-9(10)6-4-8;1-7(2)8-4-3-5-9(10)6-8;;;;;/h9-10H,3-8H2,1-2H3;2*8-9,11H,4-7H2,1-3H3;7-8H,3-6H2,1-2H3;7-10H,3-6H2,1-2H3;5*1H4. The van der Waals surface area contributed by atoms with Crippen LogP contribution in [0.25, 0.3) is 0 Å². The molecule has 0 aromatic carbocycles. The van der Waals surface area contributed by atoms with E-state index in [2.05, 4.69) is 69.2 Å². The maximum atomic E-state index is 10.8. The van der Waals surface area contributed by atoms with Gasteiger partial charge in [-0.25, -0.2) is 0 Å². The molecule has 1 spiro atoms. The highest BCUT2D eigenvalue weighted by Crippen LogP contribution is 2.44. The van der Waals surface area contributed by atoms with Gasteiger partial charge in [0.1, 0.15) is 5.78 Å². The second-order valence-corrected chi connectivity index (χ2v) is 21.5. The predicted molar refractivity (Wildman–Crippen MR) is 263 cm³/mol. The Morgan fingerprint density at radius 2 is 0.847 bits per heavy atom. The van der Waals surface area contributed by atoms with Crippen molar-refractivity contribution in [2.45, 2.75) is 278 Å². The normalized spacial score (nSPS) is 32.9. The average molecular weight is 844 g/mol. The molecule has 0 aromatic heterocycles. The zero-order valence-electron chi connectivity index (χ0n) is 38.1. The second-order valence-electron chi connectivity index (χ2n) is 21.5. The number of ketones is 1. The Morgan fingerprint density at radius 3 is 1.12 bits per heavy atom. The molecule has 3 N–H and O–H groups in total. The second kappa shape index (κ2) is 31.4. The van der Waals surface area contributed by atoms with Crippen LogP contribution in [0, 0.1) is 59.2 Å². The molecule has 0 amide bonds. The van der Waals surface area contributed by atoms with E-state index in [1.165, 1.54) is 70.6 Å². The summed E-state index contributed by atoms with van der Waals surface area (Å²) in [7, 11) is 0. The summed E-state index contributed by atoms with van der Waals surface area (Å²) in [5.74, 6) is 8.42. The summed E-state index contributed by atoms with van der Waals surface area (Å²) in [4.78, 5) is 10.8. The van der Waals surface area contributed by atoms with Crippen molar-refractivity contribution >= 4 is 5.78 Å². The van der Waals surface area contributed by atoms with Gasteiger partial charge in [0.15, 0.2) is 0 Å². The van der Waals surface area contributed by atoms with E-state index in [4.69, 9.17) is 4.74 Å². The zero-order valence-corrected chi connectivity index (χ0v) is 38.1. The molecule has 1 heterocycles. The summed E-state index contributed by atoms with van der Waals surface area (Å²) >= 11 is 0. The van der Waals surface area contributed by atoms with Gasteiger partial charge in [-0.15, -0.1) is 0 Å². The molecule has 5 aliphatic carbocycles. The van der Waals surface area contributed by atoms with Crippen LogP contribution in [-0.2, 0) is 9.53 Å². The van der Waals surface area contributed by atoms with Crippen LogP contribution in [0.4, 0.5) is 0 Å². The van der Waals surface area contributed by atoms with Gasteiger partial charge in [0.25, 0.3) is 0 Å². The van der Waals surface area contributed by atoms with Crippen molar-refractivity contribution in [1.82, 2.24) is 0 Å². The molecular weight excluding hydrogens is 729 g/mol. The van der Waals surface area contributed by atoms with Crippen LogP contribution >= 0.6 is 0 Å². The number of hydrogen-bond acceptors (Lipinski definition) is 5. The van der Waals surface area contributed by atoms with Crippen LogP contribution in [0.15, 0.2) is 0 Å². The van der Waals surface area contributed by atoms with E-state index in [1.54, 1.807) is 0 Å². The molecular formula is C54H114O5. The Morgan fingerprint density at radius 1 is 0.492 bits per heavy atom. The Kier molecular flexibility index (Phi) is 34.6. The number of hydrogen-bond donors (Lipinski definition) is 3. The van der Waals surface area contributed by atoms with Crippen LogP contribution in [0.5, 0.6) is 0 Å². The van der Waals surface area contributed by atoms with Gasteiger partial charge in [-0.05, 0) is 169 Å². The van der Waals surface area contributed by atoms with Crippen molar-refractivity contribution in [3.05, 3.63) is 0 Å². The van der Waals surface area contributed by atoms with E-state index in [9.17, 15) is 20.1 Å². The molecule has 5 saturated carbocycles. The number of carbonyl (C=O) groups excluding carboxylic acids is 1. The minimum absolute atomic E-state index is 0. The minimum Gasteiger partial charge on any atom is -0.393 e. The minimum atomic E-state index is -0.368. The smallest absolute Gasteiger partial charge is 0.132 e. The van der Waals surface area contributed by atoms with Crippen molar-refractivity contribution in [1.29, 1.82) is 0 Å². The summed E-state index contributed by atoms with van der Waals surface area (Å²) in [5, 5.41) is 28.9. The molecule has 1 saturated heterocycles. The van der Waals surface area contributed by atoms with E-state index >= 15 is 0 Å². The van der Waals surface area contributed by atoms with Gasteiger partial charge in [0, 0.05) is 12.8 Å². The third-order valence-corrected chi connectivity index (χ3v) is 14.9. The van der Waals surface area contributed by atoms with E-state index in [1.807, 2.05) is 13.8 Å². The molecule has 6 fully saturated rings. The molecule has 0 bridgehead atoms. The number of Topliss-reactive ketones (excluding diaryl/α,β-unsaturated/α-hetero) is 1. The molecule has 0 radical (unpaired) electrons. The van der Waals surface area contributed by atoms with E-state index in [-0.39, 0.29) is 54.4 Å². The fourth-order valence-corrected chi connectivity index (χ4v) is 10.2. The fourth-order valence-electron chi connectivity index (χ4n) is 10.2. The predicted octanol–water partition coefficient (Wildman–Crippen LogP) is 15.9. The summed E-state index contributed by atoms with van der Waals surface area (Å²) in [6.07, 6.45) is 24.4. The number of rotatable bonds is 5. The van der Waals surface area contributed by atoms with Gasteiger partial charge in [-0.3, -0.25) is 4.79 Å². The average Bonchev–Trinajstić information content (AvgIpc) is 3.08. The van der Waals surface area contributed by atoms with Gasteiger partial charge in [-0.1, -0.05) is 132 Å². The van der Waals surface area contributed by atoms with Crippen LogP contribution in [0.2, 0.25) is 0 Å². The third kappa shape index (κ3) is 25.4. The molecule has 5 heteroatoms. The van der Waals surface area contributed by atoms with Crippen LogP contribution in [0.3, 0.4) is 0 Å². The lowest BCUT2D eigenvalue weighted by atomic mass is 9.72. The van der Waals surface area contributed by atoms with Crippen LogP contribution < -0.4 is 0 Å². The zero-order chi connectivity index (χ0) is 40.7. The third-order valence-electron chi connectivity index (χ3n) is 14.9. The topological polar surface area (TPSA) is 87.0 Å². The molecule has 5 nitrogen and oxygen atoms in total. The van der Waals surface area contributed by atoms with Crippen molar-refractivity contribution in [2.75, 3.05) is 6.61 Å². The summed E-state index contributed by atoms with van der Waals surface area (Å²) < 4.78 is 5.69. The monoisotopic (exact) mass is 843 g/mol. The Labute approximate surface area is 373 Å². The highest BCUT2D eigenvalue weighted by atomic mass is 16.5. The maximum Gasteiger partial charge on any atom is 0.132 e. The molecule has 6 atom stereocenters. The van der Waals surface area contributed by atoms with Crippen LogP contribution in [0.1, 0.15) is 255 Å². The number of ether oxygens (including phenoxy) is 1. The largest absolute Gasteiger partial charge is 0.393 e. The van der Waals surface area contributed by atoms with Gasteiger partial charge < -0.3 is 20.1 Å². The van der Waals surface area contributed by atoms with Gasteiger partial charge in [0.05, 0.1) is 29.5 Å². The summed E-state index contributed by atoms with van der Waals surface area (Å²) in [6.45, 7) is 27.7. The van der Waals surface area contributed by atoms with Crippen molar-refractivity contribution < 1.29 is 24.9 Å². The molecule has 360 valence electrons. The van der Waals surface area contributed by atoms with Gasteiger partial charge in [-0.2, -0.15) is 0 Å². The van der Waals surface area contributed by atoms with Gasteiger partial charge in [0.2, 0.25) is 0 Å². The van der Waals surface area contributed by atoms with E-state index < -0.39 is 0 Å². The molecule has 59 heavy (non-hydrogen) atoms. The Bertz CT molecular complexity index is 956. The molecule has 6 aliphatic rings. The fraction of sp³-hybridized carbons (Fsp3) is 0.981. The van der Waals surface area contributed by atoms with E-state index in [0.29, 0.717) is 11.4 Å². The quantitative estimate of drug-likeness (QED) is 0.257. The Hall–Kier alpha value is -0.490. The number of aliphatic hydroxyl groups is 3. The summed E-state index contributed by atoms with van der Waals surface area (Å²) in [6, 6.07) is 0. The first-order valence-corrected chi connectivity index (χ1v) is 23.4. The lowest BCUT2D eigenvalue weighted by Gasteiger charge is -2.47. The number of carbonyl (C=O) groups is 1. The maximum absolute atomic E-state index is 10.8. The first kappa shape index (κ1) is 65.1. The lowest BCUT2D eigenvalue weighted by molar-refractivity contribution is -0.171. The number of aliphatic hydroxyl groups excluding tert-OH is 1. The van der Waals surface area contributed by atoms with E-state index in [0.717, 1.165) is 130 Å². The molecule has 1 aliphatic heterocycles. The van der Waals surface area contributed by atoms with Crippen molar-refractivity contribution in [3.63, 3.8) is 0 Å². The van der Waals surface area contributed by atoms with Crippen LogP contribution in [-0.4, -0.2) is 50.6 Å². The summed E-state index contributed by atoms with van der Waals surface area (Å²) in [5.41, 5.74) is -0.369. The molecule has 6 unspecified atom stereocenters. The highest BCUT2D eigenvalue weighted by Gasteiger charge is 2.42. The first-order valence-electron chi connectivity index (χ1n) is 23.4. The SMILES string of the molecule is C.C.C.C.C.CC(C)C1CCC(=O)CC1.CC(C)C1CCC2(CCO2)CC1.CC(C)C1CCCC(C)(O)C1.CC(C)C1CCCC(C)(O)C1.CC(C)C1CCCC(O)C1. The Balaban J connectivity index is -0.000000314. The van der Waals surface area contributed by atoms with Crippen molar-refractivity contribution in [2.24, 2.45) is 59.2 Å². The first-order chi connectivity index (χ1) is 25.1.